The summed E-state index contributed by atoms with van der Waals surface area (Å²) in [6, 6.07) is 12.7. The highest BCUT2D eigenvalue weighted by atomic mass is 32.1. The summed E-state index contributed by atoms with van der Waals surface area (Å²) in [5, 5.41) is 16.2. The number of rotatable bonds is 6. The number of thiophene rings is 1. The summed E-state index contributed by atoms with van der Waals surface area (Å²) in [4.78, 5) is 24.5. The van der Waals surface area contributed by atoms with Crippen molar-refractivity contribution >= 4 is 28.8 Å². The zero-order valence-electron chi connectivity index (χ0n) is 12.7. The molecule has 0 spiro atoms. The molecule has 0 unspecified atom stereocenters. The maximum atomic E-state index is 12.2. The van der Waals surface area contributed by atoms with Crippen LogP contribution in [0.1, 0.15) is 29.8 Å². The quantitative estimate of drug-likeness (QED) is 0.855. The largest absolute Gasteiger partial charge is 0.348 e. The fourth-order valence-electron chi connectivity index (χ4n) is 2.15. The number of carbonyl (C=O) groups excluding carboxylic acids is 2. The Morgan fingerprint density at radius 1 is 1.26 bits per heavy atom. The molecule has 0 saturated carbocycles. The molecule has 0 bridgehead atoms. The molecular formula is C17H17N3O2S. The summed E-state index contributed by atoms with van der Waals surface area (Å²) in [5.74, 6) is -0.345. The summed E-state index contributed by atoms with van der Waals surface area (Å²) in [7, 11) is 0. The first-order chi connectivity index (χ1) is 11.1. The van der Waals surface area contributed by atoms with Gasteiger partial charge < -0.3 is 10.6 Å². The molecule has 0 radical (unpaired) electrons. The SMILES string of the molecule is CC(=O)N[C@H](CC(=O)Nc1ccc(CC#N)cc1)c1cccs1. The summed E-state index contributed by atoms with van der Waals surface area (Å²) >= 11 is 1.50. The van der Waals surface area contributed by atoms with E-state index in [0.29, 0.717) is 12.1 Å². The molecule has 1 heterocycles. The van der Waals surface area contributed by atoms with E-state index in [1.807, 2.05) is 29.6 Å². The Kier molecular flexibility index (Phi) is 5.89. The fraction of sp³-hybridized carbons (Fsp3) is 0.235. The van der Waals surface area contributed by atoms with Gasteiger partial charge in [0.25, 0.3) is 0 Å². The lowest BCUT2D eigenvalue weighted by atomic mass is 10.1. The van der Waals surface area contributed by atoms with Gasteiger partial charge in [0.05, 0.1) is 25.0 Å². The van der Waals surface area contributed by atoms with E-state index in [9.17, 15) is 9.59 Å². The Morgan fingerprint density at radius 2 is 2.00 bits per heavy atom. The van der Waals surface area contributed by atoms with Crippen molar-refractivity contribution in [2.45, 2.75) is 25.8 Å². The van der Waals surface area contributed by atoms with Crippen molar-refractivity contribution in [3.05, 3.63) is 52.2 Å². The molecule has 0 saturated heterocycles. The van der Waals surface area contributed by atoms with Crippen molar-refractivity contribution < 1.29 is 9.59 Å². The van der Waals surface area contributed by atoms with Crippen LogP contribution in [0.5, 0.6) is 0 Å². The smallest absolute Gasteiger partial charge is 0.226 e. The van der Waals surface area contributed by atoms with Gasteiger partial charge in [-0.2, -0.15) is 5.26 Å². The van der Waals surface area contributed by atoms with Crippen molar-refractivity contribution in [3.8, 4) is 6.07 Å². The van der Waals surface area contributed by atoms with Crippen LogP contribution in [0.15, 0.2) is 41.8 Å². The van der Waals surface area contributed by atoms with Crippen molar-refractivity contribution in [2.24, 2.45) is 0 Å². The molecule has 2 aromatic rings. The summed E-state index contributed by atoms with van der Waals surface area (Å²) in [6.45, 7) is 1.44. The summed E-state index contributed by atoms with van der Waals surface area (Å²) in [6.07, 6.45) is 0.511. The lowest BCUT2D eigenvalue weighted by Crippen LogP contribution is -2.29. The van der Waals surface area contributed by atoms with E-state index in [4.69, 9.17) is 5.26 Å². The lowest BCUT2D eigenvalue weighted by molar-refractivity contribution is -0.120. The second-order valence-electron chi connectivity index (χ2n) is 5.05. The van der Waals surface area contributed by atoms with Gasteiger partial charge in [0.1, 0.15) is 0 Å². The topological polar surface area (TPSA) is 82.0 Å². The third-order valence-electron chi connectivity index (χ3n) is 3.17. The predicted molar refractivity (Wildman–Crippen MR) is 89.9 cm³/mol. The number of anilines is 1. The highest BCUT2D eigenvalue weighted by molar-refractivity contribution is 7.10. The van der Waals surface area contributed by atoms with Crippen LogP contribution in [0, 0.1) is 11.3 Å². The van der Waals surface area contributed by atoms with Crippen LogP contribution in [0.2, 0.25) is 0 Å². The van der Waals surface area contributed by atoms with Crippen molar-refractivity contribution in [1.82, 2.24) is 5.32 Å². The summed E-state index contributed by atoms with van der Waals surface area (Å²) in [5.41, 5.74) is 1.57. The molecule has 0 aliphatic heterocycles. The lowest BCUT2D eigenvalue weighted by Gasteiger charge is -2.16. The van der Waals surface area contributed by atoms with Crippen LogP contribution < -0.4 is 10.6 Å². The molecule has 5 nitrogen and oxygen atoms in total. The van der Waals surface area contributed by atoms with Gasteiger partial charge in [0, 0.05) is 17.5 Å². The number of nitrogens with one attached hydrogen (secondary N) is 2. The zero-order valence-corrected chi connectivity index (χ0v) is 13.5. The molecule has 0 aliphatic carbocycles. The second kappa shape index (κ2) is 8.11. The minimum absolute atomic E-state index is 0.167. The van der Waals surface area contributed by atoms with Gasteiger partial charge in [-0.25, -0.2) is 0 Å². The maximum Gasteiger partial charge on any atom is 0.226 e. The second-order valence-corrected chi connectivity index (χ2v) is 6.03. The zero-order chi connectivity index (χ0) is 16.7. The first-order valence-electron chi connectivity index (χ1n) is 7.14. The van der Waals surface area contributed by atoms with Gasteiger partial charge in [-0.15, -0.1) is 11.3 Å². The number of hydrogen-bond acceptors (Lipinski definition) is 4. The first kappa shape index (κ1) is 16.7. The normalized spacial score (nSPS) is 11.3. The van der Waals surface area contributed by atoms with Crippen LogP contribution in [-0.4, -0.2) is 11.8 Å². The van der Waals surface area contributed by atoms with E-state index in [-0.39, 0.29) is 24.3 Å². The van der Waals surface area contributed by atoms with E-state index in [1.165, 1.54) is 18.3 Å². The third-order valence-corrected chi connectivity index (χ3v) is 4.16. The maximum absolute atomic E-state index is 12.2. The molecule has 2 N–H and O–H groups in total. The Labute approximate surface area is 138 Å². The molecular weight excluding hydrogens is 310 g/mol. The van der Waals surface area contributed by atoms with Crippen LogP contribution in [-0.2, 0) is 16.0 Å². The molecule has 1 aromatic heterocycles. The number of hydrogen-bond donors (Lipinski definition) is 2. The molecule has 0 fully saturated rings. The van der Waals surface area contributed by atoms with Crippen LogP contribution in [0.25, 0.3) is 0 Å². The number of carbonyl (C=O) groups is 2. The van der Waals surface area contributed by atoms with Crippen LogP contribution >= 0.6 is 11.3 Å². The van der Waals surface area contributed by atoms with E-state index in [0.717, 1.165) is 10.4 Å². The molecule has 1 atom stereocenters. The average Bonchev–Trinajstić information content (AvgIpc) is 3.02. The van der Waals surface area contributed by atoms with Gasteiger partial charge in [-0.3, -0.25) is 9.59 Å². The minimum atomic E-state index is -0.328. The number of amides is 2. The Balaban J connectivity index is 1.98. The van der Waals surface area contributed by atoms with Gasteiger partial charge in [-0.05, 0) is 29.1 Å². The minimum Gasteiger partial charge on any atom is -0.348 e. The first-order valence-corrected chi connectivity index (χ1v) is 8.02. The number of nitriles is 1. The Morgan fingerprint density at radius 3 is 2.57 bits per heavy atom. The number of benzene rings is 1. The van der Waals surface area contributed by atoms with Crippen molar-refractivity contribution in [1.29, 1.82) is 5.26 Å². The van der Waals surface area contributed by atoms with E-state index in [1.54, 1.807) is 12.1 Å². The Bertz CT molecular complexity index is 702. The van der Waals surface area contributed by atoms with Gasteiger partial charge >= 0.3 is 0 Å². The molecule has 23 heavy (non-hydrogen) atoms. The van der Waals surface area contributed by atoms with Gasteiger partial charge in [-0.1, -0.05) is 18.2 Å². The molecule has 1 aromatic carbocycles. The number of nitrogens with zero attached hydrogens (tertiary/aromatic N) is 1. The van der Waals surface area contributed by atoms with Crippen molar-refractivity contribution in [2.75, 3.05) is 5.32 Å². The molecule has 2 amide bonds. The fourth-order valence-corrected chi connectivity index (χ4v) is 2.93. The van der Waals surface area contributed by atoms with E-state index in [2.05, 4.69) is 16.7 Å². The molecule has 118 valence electrons. The summed E-state index contributed by atoms with van der Waals surface area (Å²) < 4.78 is 0. The van der Waals surface area contributed by atoms with E-state index >= 15 is 0 Å². The average molecular weight is 327 g/mol. The van der Waals surface area contributed by atoms with Crippen LogP contribution in [0.3, 0.4) is 0 Å². The highest BCUT2D eigenvalue weighted by Crippen LogP contribution is 2.22. The van der Waals surface area contributed by atoms with Gasteiger partial charge in [0.15, 0.2) is 0 Å². The van der Waals surface area contributed by atoms with E-state index < -0.39 is 0 Å². The Hall–Kier alpha value is -2.65. The standard InChI is InChI=1S/C17H17N3O2S/c1-12(21)19-15(16-3-2-10-23-16)11-17(22)20-14-6-4-13(5-7-14)8-9-18/h2-7,10,15H,8,11H2,1H3,(H,19,21)(H,20,22)/t15-/m1/s1. The predicted octanol–water partition coefficient (Wildman–Crippen LogP) is 3.02. The molecule has 2 rings (SSSR count). The highest BCUT2D eigenvalue weighted by Gasteiger charge is 2.18. The van der Waals surface area contributed by atoms with Gasteiger partial charge in [0.2, 0.25) is 11.8 Å². The monoisotopic (exact) mass is 327 g/mol. The molecule has 6 heteroatoms. The van der Waals surface area contributed by atoms with Crippen LogP contribution in [0.4, 0.5) is 5.69 Å². The van der Waals surface area contributed by atoms with Crippen molar-refractivity contribution in [3.63, 3.8) is 0 Å². The third kappa shape index (κ3) is 5.24. The molecule has 0 aliphatic rings.